The number of carbonyl (C=O) groups is 1. The summed E-state index contributed by atoms with van der Waals surface area (Å²) in [5, 5.41) is 7.17. The summed E-state index contributed by atoms with van der Waals surface area (Å²) in [6.45, 7) is 2.86. The fraction of sp³-hybridized carbons (Fsp3) is 0.182. The number of hydrogen-bond acceptors (Lipinski definition) is 4. The zero-order valence-electron chi connectivity index (χ0n) is 16.0. The van der Waals surface area contributed by atoms with E-state index in [1.807, 2.05) is 61.7 Å². The monoisotopic (exact) mass is 377 g/mol. The Hall–Kier alpha value is -3.54. The molecular formula is C22H23N3O3. The number of rotatable bonds is 8. The van der Waals surface area contributed by atoms with Gasteiger partial charge in [0, 0.05) is 25.0 Å². The van der Waals surface area contributed by atoms with Crippen LogP contribution in [-0.4, -0.2) is 29.4 Å². The molecule has 0 fully saturated rings. The highest BCUT2D eigenvalue weighted by atomic mass is 16.5. The molecule has 28 heavy (non-hydrogen) atoms. The van der Waals surface area contributed by atoms with Gasteiger partial charge in [0.1, 0.15) is 0 Å². The maximum absolute atomic E-state index is 12.2. The molecule has 0 atom stereocenters. The van der Waals surface area contributed by atoms with E-state index in [1.54, 1.807) is 24.1 Å². The Labute approximate surface area is 164 Å². The molecule has 0 aliphatic rings. The summed E-state index contributed by atoms with van der Waals surface area (Å²) in [5.41, 5.74) is 2.78. The number of carbonyl (C=O) groups excluding carboxylic acids is 1. The van der Waals surface area contributed by atoms with Crippen molar-refractivity contribution in [2.24, 2.45) is 0 Å². The average Bonchev–Trinajstić information content (AvgIpc) is 3.26. The SMILES string of the molecule is CCOc1cc(/C=C/C(=O)NCc2ccccc2-n2cccn2)ccc1OC. The minimum atomic E-state index is -0.177. The van der Waals surface area contributed by atoms with Gasteiger partial charge in [-0.25, -0.2) is 4.68 Å². The zero-order chi connectivity index (χ0) is 19.8. The molecule has 144 valence electrons. The van der Waals surface area contributed by atoms with Crippen molar-refractivity contribution in [3.63, 3.8) is 0 Å². The summed E-state index contributed by atoms with van der Waals surface area (Å²) in [6, 6.07) is 15.2. The Morgan fingerprint density at radius 1 is 1.18 bits per heavy atom. The van der Waals surface area contributed by atoms with Crippen LogP contribution < -0.4 is 14.8 Å². The van der Waals surface area contributed by atoms with E-state index in [0.29, 0.717) is 24.7 Å². The lowest BCUT2D eigenvalue weighted by atomic mass is 10.1. The zero-order valence-corrected chi connectivity index (χ0v) is 16.0. The van der Waals surface area contributed by atoms with Crippen LogP contribution in [0.4, 0.5) is 0 Å². The van der Waals surface area contributed by atoms with Gasteiger partial charge < -0.3 is 14.8 Å². The number of amides is 1. The van der Waals surface area contributed by atoms with Crippen molar-refractivity contribution < 1.29 is 14.3 Å². The Bertz CT molecular complexity index is 949. The van der Waals surface area contributed by atoms with Crippen molar-refractivity contribution in [2.45, 2.75) is 13.5 Å². The second-order valence-electron chi connectivity index (χ2n) is 5.97. The molecule has 1 amide bonds. The van der Waals surface area contributed by atoms with Crippen LogP contribution in [0.25, 0.3) is 11.8 Å². The number of benzene rings is 2. The van der Waals surface area contributed by atoms with E-state index < -0.39 is 0 Å². The average molecular weight is 377 g/mol. The van der Waals surface area contributed by atoms with Crippen LogP contribution in [-0.2, 0) is 11.3 Å². The van der Waals surface area contributed by atoms with Gasteiger partial charge in [0.05, 0.1) is 19.4 Å². The molecular weight excluding hydrogens is 354 g/mol. The summed E-state index contributed by atoms with van der Waals surface area (Å²) >= 11 is 0. The molecule has 1 aromatic heterocycles. The molecule has 0 saturated heterocycles. The van der Waals surface area contributed by atoms with Gasteiger partial charge in [0.25, 0.3) is 0 Å². The molecule has 6 nitrogen and oxygen atoms in total. The van der Waals surface area contributed by atoms with Crippen molar-refractivity contribution in [2.75, 3.05) is 13.7 Å². The third-order valence-corrected chi connectivity index (χ3v) is 4.11. The molecule has 2 aromatic carbocycles. The maximum Gasteiger partial charge on any atom is 0.244 e. The highest BCUT2D eigenvalue weighted by Gasteiger charge is 2.06. The molecule has 0 saturated carbocycles. The minimum absolute atomic E-state index is 0.177. The van der Waals surface area contributed by atoms with Gasteiger partial charge in [-0.1, -0.05) is 24.3 Å². The highest BCUT2D eigenvalue weighted by molar-refractivity contribution is 5.91. The van der Waals surface area contributed by atoms with Gasteiger partial charge in [-0.2, -0.15) is 5.10 Å². The van der Waals surface area contributed by atoms with E-state index in [1.165, 1.54) is 6.08 Å². The number of nitrogens with one attached hydrogen (secondary N) is 1. The molecule has 0 spiro atoms. The van der Waals surface area contributed by atoms with Crippen LogP contribution in [0.5, 0.6) is 11.5 Å². The van der Waals surface area contributed by atoms with Crippen LogP contribution in [0.1, 0.15) is 18.1 Å². The molecule has 0 unspecified atom stereocenters. The number of hydrogen-bond donors (Lipinski definition) is 1. The topological polar surface area (TPSA) is 65.4 Å². The second kappa shape index (κ2) is 9.41. The van der Waals surface area contributed by atoms with E-state index in [2.05, 4.69) is 10.4 Å². The predicted octanol–water partition coefficient (Wildman–Crippen LogP) is 3.61. The van der Waals surface area contributed by atoms with Gasteiger partial charge in [0.2, 0.25) is 5.91 Å². The Kier molecular flexibility index (Phi) is 6.46. The van der Waals surface area contributed by atoms with Crippen molar-refractivity contribution in [3.05, 3.63) is 78.1 Å². The van der Waals surface area contributed by atoms with Crippen LogP contribution >= 0.6 is 0 Å². The first-order valence-electron chi connectivity index (χ1n) is 9.06. The van der Waals surface area contributed by atoms with Crippen LogP contribution in [0.3, 0.4) is 0 Å². The van der Waals surface area contributed by atoms with Crippen molar-refractivity contribution in [1.29, 1.82) is 0 Å². The van der Waals surface area contributed by atoms with Crippen LogP contribution in [0.2, 0.25) is 0 Å². The Morgan fingerprint density at radius 2 is 2.04 bits per heavy atom. The molecule has 3 aromatic rings. The molecule has 0 radical (unpaired) electrons. The maximum atomic E-state index is 12.2. The third-order valence-electron chi connectivity index (χ3n) is 4.11. The minimum Gasteiger partial charge on any atom is -0.493 e. The molecule has 1 heterocycles. The smallest absolute Gasteiger partial charge is 0.244 e. The fourth-order valence-corrected chi connectivity index (χ4v) is 2.77. The van der Waals surface area contributed by atoms with E-state index in [9.17, 15) is 4.79 Å². The number of nitrogens with zero attached hydrogens (tertiary/aromatic N) is 2. The molecule has 0 aliphatic carbocycles. The summed E-state index contributed by atoms with van der Waals surface area (Å²) in [7, 11) is 1.60. The molecule has 1 N–H and O–H groups in total. The second-order valence-corrected chi connectivity index (χ2v) is 5.97. The lowest BCUT2D eigenvalue weighted by Crippen LogP contribution is -2.21. The molecule has 3 rings (SSSR count). The number of methoxy groups -OCH3 is 1. The van der Waals surface area contributed by atoms with Crippen LogP contribution in [0, 0.1) is 0 Å². The van der Waals surface area contributed by atoms with E-state index in [0.717, 1.165) is 16.8 Å². The van der Waals surface area contributed by atoms with Gasteiger partial charge in [-0.15, -0.1) is 0 Å². The number of para-hydroxylation sites is 1. The third kappa shape index (κ3) is 4.79. The quantitative estimate of drug-likeness (QED) is 0.609. The number of aromatic nitrogens is 2. The normalized spacial score (nSPS) is 10.8. The van der Waals surface area contributed by atoms with E-state index in [-0.39, 0.29) is 5.91 Å². The first-order valence-corrected chi connectivity index (χ1v) is 9.06. The standard InChI is InChI=1S/C22H23N3O3/c1-3-28-21-15-17(9-11-20(21)27-2)10-12-22(26)23-16-18-7-4-5-8-19(18)25-14-6-13-24-25/h4-15H,3,16H2,1-2H3,(H,23,26)/b12-10+. The largest absolute Gasteiger partial charge is 0.493 e. The lowest BCUT2D eigenvalue weighted by molar-refractivity contribution is -0.116. The van der Waals surface area contributed by atoms with Gasteiger partial charge in [-0.05, 0) is 48.4 Å². The van der Waals surface area contributed by atoms with Crippen molar-refractivity contribution in [3.8, 4) is 17.2 Å². The van der Waals surface area contributed by atoms with E-state index >= 15 is 0 Å². The summed E-state index contributed by atoms with van der Waals surface area (Å²) in [4.78, 5) is 12.2. The Balaban J connectivity index is 1.65. The van der Waals surface area contributed by atoms with Crippen LogP contribution in [0.15, 0.2) is 67.0 Å². The van der Waals surface area contributed by atoms with Crippen molar-refractivity contribution >= 4 is 12.0 Å². The molecule has 0 aliphatic heterocycles. The van der Waals surface area contributed by atoms with Gasteiger partial charge in [0.15, 0.2) is 11.5 Å². The van der Waals surface area contributed by atoms with Crippen molar-refractivity contribution in [1.82, 2.24) is 15.1 Å². The summed E-state index contributed by atoms with van der Waals surface area (Å²) < 4.78 is 12.6. The molecule has 0 bridgehead atoms. The van der Waals surface area contributed by atoms with Gasteiger partial charge >= 0.3 is 0 Å². The highest BCUT2D eigenvalue weighted by Crippen LogP contribution is 2.28. The van der Waals surface area contributed by atoms with E-state index in [4.69, 9.17) is 9.47 Å². The Morgan fingerprint density at radius 3 is 2.79 bits per heavy atom. The lowest BCUT2D eigenvalue weighted by Gasteiger charge is -2.10. The first kappa shape index (κ1) is 19.2. The summed E-state index contributed by atoms with van der Waals surface area (Å²) in [6.07, 6.45) is 6.86. The summed E-state index contributed by atoms with van der Waals surface area (Å²) in [5.74, 6) is 1.14. The predicted molar refractivity (Wildman–Crippen MR) is 109 cm³/mol. The molecule has 6 heteroatoms. The number of ether oxygens (including phenoxy) is 2. The van der Waals surface area contributed by atoms with Gasteiger partial charge in [-0.3, -0.25) is 4.79 Å². The fourth-order valence-electron chi connectivity index (χ4n) is 2.77. The first-order chi connectivity index (χ1) is 13.7.